The maximum Gasteiger partial charge on any atom is 0.347 e. The molecule has 1 aliphatic heterocycles. The van der Waals surface area contributed by atoms with Crippen molar-refractivity contribution in [3.63, 3.8) is 0 Å². The average molecular weight is 237 g/mol. The number of nitrogens with one attached hydrogen (secondary N) is 1. The van der Waals surface area contributed by atoms with Crippen LogP contribution in [-0.2, 0) is 10.2 Å². The fourth-order valence-corrected chi connectivity index (χ4v) is 1.80. The molecule has 0 aromatic carbocycles. The number of hydrogen-bond donors (Lipinski definition) is 1. The van der Waals surface area contributed by atoms with Crippen LogP contribution in [0.25, 0.3) is 0 Å². The van der Waals surface area contributed by atoms with Crippen LogP contribution >= 0.6 is 0 Å². The van der Waals surface area contributed by atoms with Crippen LogP contribution in [-0.4, -0.2) is 36.3 Å². The van der Waals surface area contributed by atoms with Crippen LogP contribution in [0.4, 0.5) is 5.82 Å². The molecular weight excluding hydrogens is 218 g/mol. The van der Waals surface area contributed by atoms with Crippen LogP contribution in [0.15, 0.2) is 10.9 Å². The summed E-state index contributed by atoms with van der Waals surface area (Å²) in [6.45, 7) is 9.18. The lowest BCUT2D eigenvalue weighted by Gasteiger charge is -2.28. The zero-order valence-corrected chi connectivity index (χ0v) is 10.6. The molecule has 2 rings (SSSR count). The fraction of sp³-hybridized carbons (Fsp3) is 0.667. The second-order valence-corrected chi connectivity index (χ2v) is 5.31. The number of aromatic nitrogens is 2. The van der Waals surface area contributed by atoms with Gasteiger partial charge < -0.3 is 14.6 Å². The third-order valence-electron chi connectivity index (χ3n) is 2.87. The number of hydrogen-bond acceptors (Lipinski definition) is 4. The largest absolute Gasteiger partial charge is 0.378 e. The fourth-order valence-electron chi connectivity index (χ4n) is 1.80. The summed E-state index contributed by atoms with van der Waals surface area (Å²) in [7, 11) is 0. The molecule has 1 saturated heterocycles. The van der Waals surface area contributed by atoms with Gasteiger partial charge in [-0.1, -0.05) is 20.8 Å². The number of H-pyrrole nitrogens is 1. The van der Waals surface area contributed by atoms with Crippen molar-refractivity contribution in [1.82, 2.24) is 9.97 Å². The molecule has 94 valence electrons. The van der Waals surface area contributed by atoms with Crippen LogP contribution in [0.2, 0.25) is 0 Å². The SMILES string of the molecule is CC(C)(C)c1cc(N2CCOCC2)nc(=O)[nH]1. The van der Waals surface area contributed by atoms with Crippen LogP contribution in [0, 0.1) is 0 Å². The number of rotatable bonds is 1. The molecule has 0 saturated carbocycles. The number of morpholine rings is 1. The Morgan fingerprint density at radius 2 is 2.00 bits per heavy atom. The highest BCUT2D eigenvalue weighted by atomic mass is 16.5. The van der Waals surface area contributed by atoms with Gasteiger partial charge in [-0.05, 0) is 0 Å². The van der Waals surface area contributed by atoms with Gasteiger partial charge in [-0.3, -0.25) is 0 Å². The van der Waals surface area contributed by atoms with E-state index in [2.05, 4.69) is 35.6 Å². The van der Waals surface area contributed by atoms with Crippen molar-refractivity contribution < 1.29 is 4.74 Å². The lowest BCUT2D eigenvalue weighted by molar-refractivity contribution is 0.122. The topological polar surface area (TPSA) is 58.2 Å². The lowest BCUT2D eigenvalue weighted by atomic mass is 9.92. The summed E-state index contributed by atoms with van der Waals surface area (Å²) >= 11 is 0. The number of aromatic amines is 1. The number of ether oxygens (including phenoxy) is 1. The third-order valence-corrected chi connectivity index (χ3v) is 2.87. The van der Waals surface area contributed by atoms with E-state index >= 15 is 0 Å². The first kappa shape index (κ1) is 12.1. The predicted octanol–water partition coefficient (Wildman–Crippen LogP) is 0.904. The zero-order chi connectivity index (χ0) is 12.5. The van der Waals surface area contributed by atoms with E-state index in [0.717, 1.165) is 24.6 Å². The summed E-state index contributed by atoms with van der Waals surface area (Å²) in [4.78, 5) is 20.5. The monoisotopic (exact) mass is 237 g/mol. The molecule has 1 aliphatic rings. The first-order chi connectivity index (χ1) is 7.97. The molecule has 1 aromatic heterocycles. The minimum atomic E-state index is -0.279. The van der Waals surface area contributed by atoms with Gasteiger partial charge in [-0.25, -0.2) is 4.79 Å². The molecule has 0 atom stereocenters. The Hall–Kier alpha value is -1.36. The van der Waals surface area contributed by atoms with E-state index < -0.39 is 0 Å². The molecule has 0 spiro atoms. The first-order valence-corrected chi connectivity index (χ1v) is 5.91. The Morgan fingerprint density at radius 3 is 2.59 bits per heavy atom. The predicted molar refractivity (Wildman–Crippen MR) is 66.6 cm³/mol. The van der Waals surface area contributed by atoms with Crippen molar-refractivity contribution in [3.8, 4) is 0 Å². The second kappa shape index (κ2) is 4.49. The molecule has 1 N–H and O–H groups in total. The molecule has 1 aromatic rings. The number of anilines is 1. The van der Waals surface area contributed by atoms with Gasteiger partial charge in [-0.15, -0.1) is 0 Å². The summed E-state index contributed by atoms with van der Waals surface area (Å²) in [6.07, 6.45) is 0. The van der Waals surface area contributed by atoms with Gasteiger partial charge in [0.15, 0.2) is 0 Å². The van der Waals surface area contributed by atoms with Crippen molar-refractivity contribution in [2.75, 3.05) is 31.2 Å². The van der Waals surface area contributed by atoms with Crippen molar-refractivity contribution in [2.45, 2.75) is 26.2 Å². The highest BCUT2D eigenvalue weighted by molar-refractivity contribution is 5.40. The summed E-state index contributed by atoms with van der Waals surface area (Å²) in [5.74, 6) is 0.752. The van der Waals surface area contributed by atoms with Gasteiger partial charge in [-0.2, -0.15) is 4.98 Å². The van der Waals surface area contributed by atoms with Gasteiger partial charge in [0.25, 0.3) is 0 Å². The van der Waals surface area contributed by atoms with Crippen molar-refractivity contribution in [1.29, 1.82) is 0 Å². The molecule has 2 heterocycles. The highest BCUT2D eigenvalue weighted by Gasteiger charge is 2.19. The van der Waals surface area contributed by atoms with Crippen molar-refractivity contribution in [2.24, 2.45) is 0 Å². The summed E-state index contributed by atoms with van der Waals surface area (Å²) < 4.78 is 5.29. The molecule has 0 bridgehead atoms. The Kier molecular flexibility index (Phi) is 3.19. The molecule has 5 heteroatoms. The zero-order valence-electron chi connectivity index (χ0n) is 10.6. The van der Waals surface area contributed by atoms with E-state index in [4.69, 9.17) is 4.74 Å². The van der Waals surface area contributed by atoms with Crippen LogP contribution in [0.3, 0.4) is 0 Å². The van der Waals surface area contributed by atoms with Gasteiger partial charge in [0.05, 0.1) is 13.2 Å². The van der Waals surface area contributed by atoms with Crippen molar-refractivity contribution in [3.05, 3.63) is 22.2 Å². The Morgan fingerprint density at radius 1 is 1.35 bits per heavy atom. The average Bonchev–Trinajstić information content (AvgIpc) is 2.28. The normalized spacial score (nSPS) is 17.2. The maximum atomic E-state index is 11.6. The third kappa shape index (κ3) is 2.85. The molecule has 0 aliphatic carbocycles. The van der Waals surface area contributed by atoms with Crippen LogP contribution in [0.1, 0.15) is 26.5 Å². The number of nitrogens with zero attached hydrogens (tertiary/aromatic N) is 2. The van der Waals surface area contributed by atoms with E-state index in [-0.39, 0.29) is 11.1 Å². The molecule has 0 amide bonds. The Balaban J connectivity index is 2.34. The molecule has 0 unspecified atom stereocenters. The summed E-state index contributed by atoms with van der Waals surface area (Å²) in [5, 5.41) is 0. The minimum absolute atomic E-state index is 0.0802. The van der Waals surface area contributed by atoms with Crippen LogP contribution in [0.5, 0.6) is 0 Å². The standard InChI is InChI=1S/C12H19N3O2/c1-12(2,3)9-8-10(14-11(16)13-9)15-4-6-17-7-5-15/h8H,4-7H2,1-3H3,(H,13,14,16). The smallest absolute Gasteiger partial charge is 0.347 e. The summed E-state index contributed by atoms with van der Waals surface area (Å²) in [5.41, 5.74) is 0.557. The maximum absolute atomic E-state index is 11.6. The van der Waals surface area contributed by atoms with E-state index in [0.29, 0.717) is 13.2 Å². The van der Waals surface area contributed by atoms with Gasteiger partial charge >= 0.3 is 5.69 Å². The minimum Gasteiger partial charge on any atom is -0.378 e. The second-order valence-electron chi connectivity index (χ2n) is 5.31. The Bertz CT molecular complexity index is 442. The highest BCUT2D eigenvalue weighted by Crippen LogP contribution is 2.22. The Labute approximate surface area is 101 Å². The molecule has 5 nitrogen and oxygen atoms in total. The van der Waals surface area contributed by atoms with Gasteiger partial charge in [0.2, 0.25) is 0 Å². The molecule has 17 heavy (non-hydrogen) atoms. The summed E-state index contributed by atoms with van der Waals surface area (Å²) in [6, 6.07) is 1.96. The first-order valence-electron chi connectivity index (χ1n) is 5.91. The van der Waals surface area contributed by atoms with Crippen molar-refractivity contribution >= 4 is 5.82 Å². The van der Waals surface area contributed by atoms with E-state index in [1.807, 2.05) is 6.07 Å². The van der Waals surface area contributed by atoms with E-state index in [1.165, 1.54) is 0 Å². The van der Waals surface area contributed by atoms with Crippen LogP contribution < -0.4 is 10.6 Å². The van der Waals surface area contributed by atoms with Gasteiger partial charge in [0, 0.05) is 30.3 Å². The lowest BCUT2D eigenvalue weighted by Crippen LogP contribution is -2.38. The van der Waals surface area contributed by atoms with E-state index in [9.17, 15) is 4.79 Å². The molecular formula is C12H19N3O2. The van der Waals surface area contributed by atoms with Gasteiger partial charge in [0.1, 0.15) is 5.82 Å². The molecule has 1 fully saturated rings. The quantitative estimate of drug-likeness (QED) is 0.788. The van der Waals surface area contributed by atoms with E-state index in [1.54, 1.807) is 0 Å². The molecule has 0 radical (unpaired) electrons.